The summed E-state index contributed by atoms with van der Waals surface area (Å²) in [7, 11) is 0.873. The second kappa shape index (κ2) is 8.24. The second-order valence-corrected chi connectivity index (χ2v) is 6.46. The lowest BCUT2D eigenvalue weighted by Crippen LogP contribution is -2.46. The molecule has 0 aliphatic carbocycles. The molecule has 0 aromatic heterocycles. The highest BCUT2D eigenvalue weighted by Crippen LogP contribution is 2.20. The van der Waals surface area contributed by atoms with E-state index in [0.717, 1.165) is 25.3 Å². The second-order valence-electron chi connectivity index (χ2n) is 3.54. The Balaban J connectivity index is 4.32. The first-order chi connectivity index (χ1) is 7.17. The zero-order valence-corrected chi connectivity index (χ0v) is 11.4. The highest BCUT2D eigenvalue weighted by Gasteiger charge is 2.40. The van der Waals surface area contributed by atoms with E-state index in [9.17, 15) is 0 Å². The Morgan fingerprint density at radius 2 is 1.67 bits per heavy atom. The van der Waals surface area contributed by atoms with Crippen molar-refractivity contribution in [2.75, 3.05) is 20.8 Å². The third-order valence-electron chi connectivity index (χ3n) is 2.57. The Bertz CT molecular complexity index is 150. The van der Waals surface area contributed by atoms with E-state index in [1.807, 2.05) is 0 Å². The quantitative estimate of drug-likeness (QED) is 0.619. The summed E-state index contributed by atoms with van der Waals surface area (Å²) < 4.78 is 16.9. The van der Waals surface area contributed by atoms with Gasteiger partial charge in [0, 0.05) is 26.4 Å². The molecule has 15 heavy (non-hydrogen) atoms. The van der Waals surface area contributed by atoms with Gasteiger partial charge in [0.1, 0.15) is 0 Å². The van der Waals surface area contributed by atoms with Crippen molar-refractivity contribution in [3.63, 3.8) is 0 Å². The maximum Gasteiger partial charge on any atom is 0.500 e. The monoisotopic (exact) mass is 235 g/mol. The van der Waals surface area contributed by atoms with Gasteiger partial charge in [-0.25, -0.2) is 0 Å². The predicted molar refractivity (Wildman–Crippen MR) is 63.7 cm³/mol. The van der Waals surface area contributed by atoms with Gasteiger partial charge < -0.3 is 19.0 Å². The van der Waals surface area contributed by atoms with Gasteiger partial charge in [-0.15, -0.1) is 0 Å². The van der Waals surface area contributed by atoms with Crippen molar-refractivity contribution in [1.82, 2.24) is 0 Å². The lowest BCUT2D eigenvalue weighted by molar-refractivity contribution is 0.0512. The molecular weight excluding hydrogens is 210 g/mol. The first-order valence-electron chi connectivity index (χ1n) is 5.66. The standard InChI is InChI=1S/C10H25NO3Si/c1-5-10(6-2)14-15(12-3,13-4)9-7-8-11/h10H,5-9,11H2,1-4H3. The van der Waals surface area contributed by atoms with Crippen molar-refractivity contribution >= 4 is 8.80 Å². The molecule has 0 spiro atoms. The molecule has 0 bridgehead atoms. The first-order valence-corrected chi connectivity index (χ1v) is 7.59. The van der Waals surface area contributed by atoms with Crippen LogP contribution in [0.25, 0.3) is 0 Å². The maximum atomic E-state index is 5.98. The Morgan fingerprint density at radius 1 is 1.13 bits per heavy atom. The summed E-state index contributed by atoms with van der Waals surface area (Å²) in [6.07, 6.45) is 3.09. The van der Waals surface area contributed by atoms with Gasteiger partial charge in [-0.05, 0) is 25.8 Å². The van der Waals surface area contributed by atoms with Gasteiger partial charge in [0.2, 0.25) is 0 Å². The summed E-state index contributed by atoms with van der Waals surface area (Å²) in [4.78, 5) is 0. The molecule has 2 N–H and O–H groups in total. The van der Waals surface area contributed by atoms with Crippen LogP contribution in [0.3, 0.4) is 0 Å². The van der Waals surface area contributed by atoms with Crippen LogP contribution >= 0.6 is 0 Å². The molecule has 4 nitrogen and oxygen atoms in total. The smallest absolute Gasteiger partial charge is 0.377 e. The summed E-state index contributed by atoms with van der Waals surface area (Å²) >= 11 is 0. The van der Waals surface area contributed by atoms with Crippen molar-refractivity contribution in [3.05, 3.63) is 0 Å². The molecule has 0 saturated heterocycles. The van der Waals surface area contributed by atoms with Crippen LogP contribution in [0.2, 0.25) is 6.04 Å². The van der Waals surface area contributed by atoms with Crippen LogP contribution in [0.5, 0.6) is 0 Å². The van der Waals surface area contributed by atoms with Crippen molar-refractivity contribution < 1.29 is 13.3 Å². The highest BCUT2D eigenvalue weighted by atomic mass is 28.4. The first kappa shape index (κ1) is 15.1. The number of nitrogens with two attached hydrogens (primary N) is 1. The SMILES string of the molecule is CCC(CC)O[Si](CCCN)(OC)OC. The fourth-order valence-corrected chi connectivity index (χ4v) is 3.83. The molecule has 0 atom stereocenters. The number of hydrogen-bond donors (Lipinski definition) is 1. The summed E-state index contributed by atoms with van der Waals surface area (Å²) in [6.45, 7) is 4.87. The van der Waals surface area contributed by atoms with Crippen molar-refractivity contribution in [2.45, 2.75) is 45.3 Å². The van der Waals surface area contributed by atoms with Gasteiger partial charge in [0.25, 0.3) is 0 Å². The van der Waals surface area contributed by atoms with E-state index in [1.54, 1.807) is 14.2 Å². The van der Waals surface area contributed by atoms with Crippen LogP contribution in [0.15, 0.2) is 0 Å². The maximum absolute atomic E-state index is 5.98. The average molecular weight is 235 g/mol. The molecule has 5 heteroatoms. The molecular formula is C10H25NO3Si. The topological polar surface area (TPSA) is 53.7 Å². The molecule has 0 unspecified atom stereocenters. The van der Waals surface area contributed by atoms with Gasteiger partial charge in [0.15, 0.2) is 0 Å². The third-order valence-corrected chi connectivity index (χ3v) is 5.47. The van der Waals surface area contributed by atoms with Crippen molar-refractivity contribution in [2.24, 2.45) is 5.73 Å². The number of rotatable bonds is 9. The lowest BCUT2D eigenvalue weighted by Gasteiger charge is -2.30. The van der Waals surface area contributed by atoms with Gasteiger partial charge in [-0.2, -0.15) is 0 Å². The predicted octanol–water partition coefficient (Wildman–Crippen LogP) is 1.77. The summed E-state index contributed by atoms with van der Waals surface area (Å²) in [5, 5.41) is 0. The zero-order chi connectivity index (χ0) is 11.7. The molecule has 0 rings (SSSR count). The van der Waals surface area contributed by atoms with Crippen LogP contribution in [0.1, 0.15) is 33.1 Å². The Kier molecular flexibility index (Phi) is 8.27. The van der Waals surface area contributed by atoms with Crippen LogP contribution in [0.4, 0.5) is 0 Å². The van der Waals surface area contributed by atoms with E-state index in [1.165, 1.54) is 0 Å². The molecule has 0 aliphatic rings. The largest absolute Gasteiger partial charge is 0.500 e. The van der Waals surface area contributed by atoms with Crippen LogP contribution in [-0.4, -0.2) is 35.7 Å². The van der Waals surface area contributed by atoms with E-state index in [0.29, 0.717) is 6.54 Å². The molecule has 92 valence electrons. The van der Waals surface area contributed by atoms with Crippen LogP contribution in [0, 0.1) is 0 Å². The molecule has 0 aliphatic heterocycles. The molecule has 0 aromatic carbocycles. The molecule has 0 amide bonds. The van der Waals surface area contributed by atoms with Crippen molar-refractivity contribution in [1.29, 1.82) is 0 Å². The molecule has 0 radical (unpaired) electrons. The molecule has 0 fully saturated rings. The fourth-order valence-electron chi connectivity index (χ4n) is 1.47. The van der Waals surface area contributed by atoms with E-state index in [2.05, 4.69) is 13.8 Å². The summed E-state index contributed by atoms with van der Waals surface area (Å²) in [6, 6.07) is 0.799. The van der Waals surface area contributed by atoms with Gasteiger partial charge in [0.05, 0.1) is 0 Å². The number of hydrogen-bond acceptors (Lipinski definition) is 4. The molecule has 0 saturated carbocycles. The minimum Gasteiger partial charge on any atom is -0.377 e. The Labute approximate surface area is 94.5 Å². The van der Waals surface area contributed by atoms with E-state index in [-0.39, 0.29) is 6.10 Å². The zero-order valence-electron chi connectivity index (χ0n) is 10.4. The van der Waals surface area contributed by atoms with Gasteiger partial charge in [-0.3, -0.25) is 0 Å². The highest BCUT2D eigenvalue weighted by molar-refractivity contribution is 6.60. The van der Waals surface area contributed by atoms with Crippen LogP contribution in [-0.2, 0) is 13.3 Å². The fraction of sp³-hybridized carbons (Fsp3) is 1.00. The van der Waals surface area contributed by atoms with E-state index >= 15 is 0 Å². The normalized spacial score (nSPS) is 12.4. The Hall–Kier alpha value is 0.0569. The van der Waals surface area contributed by atoms with E-state index < -0.39 is 8.80 Å². The van der Waals surface area contributed by atoms with E-state index in [4.69, 9.17) is 19.0 Å². The lowest BCUT2D eigenvalue weighted by atomic mass is 10.2. The minimum absolute atomic E-state index is 0.231. The van der Waals surface area contributed by atoms with Crippen LogP contribution < -0.4 is 5.73 Å². The Morgan fingerprint density at radius 3 is 2.00 bits per heavy atom. The van der Waals surface area contributed by atoms with Gasteiger partial charge >= 0.3 is 8.80 Å². The molecule has 0 aromatic rings. The third kappa shape index (κ3) is 5.08. The summed E-state index contributed by atoms with van der Waals surface area (Å²) in [5.74, 6) is 0. The average Bonchev–Trinajstić information content (AvgIpc) is 2.30. The van der Waals surface area contributed by atoms with Gasteiger partial charge in [-0.1, -0.05) is 13.8 Å². The van der Waals surface area contributed by atoms with Crippen molar-refractivity contribution in [3.8, 4) is 0 Å². The molecule has 0 heterocycles. The minimum atomic E-state index is -2.45. The summed E-state index contributed by atoms with van der Waals surface area (Å²) in [5.41, 5.74) is 5.50.